The van der Waals surface area contributed by atoms with Gasteiger partial charge in [0.25, 0.3) is 0 Å². The van der Waals surface area contributed by atoms with Gasteiger partial charge in [0, 0.05) is 14.2 Å². The maximum atomic E-state index is 9.73. The van der Waals surface area contributed by atoms with E-state index in [0.717, 1.165) is 0 Å². The van der Waals surface area contributed by atoms with Crippen LogP contribution in [0.1, 0.15) is 13.8 Å². The SMILES string of the molecule is CO[C@@H]1[C@H](O)C(C)OC(C)[C@@H]1OC. The quantitative estimate of drug-likeness (QED) is 0.675. The summed E-state index contributed by atoms with van der Waals surface area (Å²) in [5.74, 6) is 0. The molecular weight excluding hydrogens is 172 g/mol. The number of ether oxygens (including phenoxy) is 3. The van der Waals surface area contributed by atoms with E-state index in [1.54, 1.807) is 14.2 Å². The van der Waals surface area contributed by atoms with Gasteiger partial charge in [0.1, 0.15) is 18.3 Å². The molecule has 0 saturated carbocycles. The summed E-state index contributed by atoms with van der Waals surface area (Å²) in [6.07, 6.45) is -1.37. The Morgan fingerprint density at radius 3 is 2.00 bits per heavy atom. The van der Waals surface area contributed by atoms with Gasteiger partial charge in [-0.15, -0.1) is 0 Å². The fraction of sp³-hybridized carbons (Fsp3) is 1.00. The van der Waals surface area contributed by atoms with Gasteiger partial charge in [-0.2, -0.15) is 0 Å². The van der Waals surface area contributed by atoms with Crippen LogP contribution in [0.15, 0.2) is 0 Å². The summed E-state index contributed by atoms with van der Waals surface area (Å²) >= 11 is 0. The van der Waals surface area contributed by atoms with Crippen molar-refractivity contribution in [2.75, 3.05) is 14.2 Å². The first-order chi connectivity index (χ1) is 6.11. The van der Waals surface area contributed by atoms with Gasteiger partial charge in [-0.1, -0.05) is 0 Å². The van der Waals surface area contributed by atoms with Crippen LogP contribution in [0.3, 0.4) is 0 Å². The summed E-state index contributed by atoms with van der Waals surface area (Å²) in [7, 11) is 3.17. The highest BCUT2D eigenvalue weighted by Crippen LogP contribution is 2.24. The second-order valence-corrected chi connectivity index (χ2v) is 3.44. The van der Waals surface area contributed by atoms with E-state index >= 15 is 0 Å². The van der Waals surface area contributed by atoms with Gasteiger partial charge in [0.2, 0.25) is 0 Å². The largest absolute Gasteiger partial charge is 0.388 e. The van der Waals surface area contributed by atoms with E-state index in [1.165, 1.54) is 0 Å². The van der Waals surface area contributed by atoms with Crippen molar-refractivity contribution in [2.24, 2.45) is 0 Å². The minimum Gasteiger partial charge on any atom is -0.388 e. The monoisotopic (exact) mass is 190 g/mol. The average molecular weight is 190 g/mol. The highest BCUT2D eigenvalue weighted by molar-refractivity contribution is 4.90. The topological polar surface area (TPSA) is 47.9 Å². The molecule has 0 bridgehead atoms. The van der Waals surface area contributed by atoms with Gasteiger partial charge in [-0.25, -0.2) is 0 Å². The van der Waals surface area contributed by atoms with Crippen LogP contribution in [0.5, 0.6) is 0 Å². The predicted octanol–water partition coefficient (Wildman–Crippen LogP) is 0.184. The molecule has 4 heteroatoms. The molecule has 1 rings (SSSR count). The van der Waals surface area contributed by atoms with E-state index in [0.29, 0.717) is 0 Å². The van der Waals surface area contributed by atoms with Crippen LogP contribution in [-0.4, -0.2) is 49.8 Å². The summed E-state index contributed by atoms with van der Waals surface area (Å²) < 4.78 is 15.9. The van der Waals surface area contributed by atoms with Crippen molar-refractivity contribution in [2.45, 2.75) is 44.4 Å². The van der Waals surface area contributed by atoms with E-state index in [4.69, 9.17) is 14.2 Å². The van der Waals surface area contributed by atoms with Crippen LogP contribution < -0.4 is 0 Å². The van der Waals surface area contributed by atoms with Crippen molar-refractivity contribution < 1.29 is 19.3 Å². The molecule has 2 unspecified atom stereocenters. The van der Waals surface area contributed by atoms with E-state index in [2.05, 4.69) is 0 Å². The Bertz CT molecular complexity index is 162. The van der Waals surface area contributed by atoms with Gasteiger partial charge in [-0.05, 0) is 13.8 Å². The van der Waals surface area contributed by atoms with Crippen LogP contribution in [-0.2, 0) is 14.2 Å². The normalized spacial score (nSPS) is 46.4. The molecule has 0 aromatic rings. The van der Waals surface area contributed by atoms with Crippen molar-refractivity contribution in [3.05, 3.63) is 0 Å². The Kier molecular flexibility index (Phi) is 3.67. The second-order valence-electron chi connectivity index (χ2n) is 3.44. The Morgan fingerprint density at radius 2 is 1.54 bits per heavy atom. The van der Waals surface area contributed by atoms with Crippen molar-refractivity contribution in [3.63, 3.8) is 0 Å². The van der Waals surface area contributed by atoms with Crippen LogP contribution in [0.4, 0.5) is 0 Å². The summed E-state index contributed by atoms with van der Waals surface area (Å²) in [6.45, 7) is 3.75. The summed E-state index contributed by atoms with van der Waals surface area (Å²) in [4.78, 5) is 0. The fourth-order valence-corrected chi connectivity index (χ4v) is 1.82. The molecule has 13 heavy (non-hydrogen) atoms. The van der Waals surface area contributed by atoms with Gasteiger partial charge < -0.3 is 19.3 Å². The molecule has 1 aliphatic heterocycles. The predicted molar refractivity (Wildman–Crippen MR) is 47.6 cm³/mol. The van der Waals surface area contributed by atoms with E-state index in [9.17, 15) is 5.11 Å². The molecule has 1 saturated heterocycles. The maximum absolute atomic E-state index is 9.73. The molecular formula is C9H18O4. The Hall–Kier alpha value is -0.160. The molecule has 1 aliphatic rings. The number of hydrogen-bond donors (Lipinski definition) is 1. The summed E-state index contributed by atoms with van der Waals surface area (Å²) in [5, 5.41) is 9.73. The number of aliphatic hydroxyl groups is 1. The Balaban J connectivity index is 2.71. The van der Waals surface area contributed by atoms with E-state index in [-0.39, 0.29) is 24.4 Å². The molecule has 0 aromatic heterocycles. The molecule has 0 aromatic carbocycles. The van der Waals surface area contributed by atoms with Crippen molar-refractivity contribution >= 4 is 0 Å². The third kappa shape index (κ3) is 2.02. The van der Waals surface area contributed by atoms with E-state index < -0.39 is 6.10 Å². The number of rotatable bonds is 2. The van der Waals surface area contributed by atoms with Crippen LogP contribution in [0.25, 0.3) is 0 Å². The first-order valence-electron chi connectivity index (χ1n) is 4.51. The first-order valence-corrected chi connectivity index (χ1v) is 4.51. The van der Waals surface area contributed by atoms with Gasteiger partial charge in [0.15, 0.2) is 0 Å². The van der Waals surface area contributed by atoms with Crippen molar-refractivity contribution in [3.8, 4) is 0 Å². The average Bonchev–Trinajstić information content (AvgIpc) is 2.10. The molecule has 0 amide bonds. The molecule has 0 spiro atoms. The second kappa shape index (κ2) is 4.37. The zero-order chi connectivity index (χ0) is 10.0. The third-order valence-electron chi connectivity index (χ3n) is 2.58. The minimum atomic E-state index is -0.619. The molecule has 1 N–H and O–H groups in total. The highest BCUT2D eigenvalue weighted by Gasteiger charge is 2.41. The number of methoxy groups -OCH3 is 2. The summed E-state index contributed by atoms with van der Waals surface area (Å²) in [5.41, 5.74) is 0. The molecule has 4 nitrogen and oxygen atoms in total. The molecule has 0 aliphatic carbocycles. The lowest BCUT2D eigenvalue weighted by Gasteiger charge is -2.41. The minimum absolute atomic E-state index is 0.0478. The lowest BCUT2D eigenvalue weighted by atomic mass is 9.96. The van der Waals surface area contributed by atoms with Gasteiger partial charge in [0.05, 0.1) is 12.2 Å². The van der Waals surface area contributed by atoms with Crippen LogP contribution in [0, 0.1) is 0 Å². The maximum Gasteiger partial charge on any atom is 0.114 e. The molecule has 0 radical (unpaired) electrons. The lowest BCUT2D eigenvalue weighted by Crippen LogP contribution is -2.57. The summed E-state index contributed by atoms with van der Waals surface area (Å²) in [6, 6.07) is 0. The number of aliphatic hydroxyl groups excluding tert-OH is 1. The Labute approximate surface area is 78.8 Å². The highest BCUT2D eigenvalue weighted by atomic mass is 16.6. The third-order valence-corrected chi connectivity index (χ3v) is 2.58. The lowest BCUT2D eigenvalue weighted by molar-refractivity contribution is -0.226. The standard InChI is InChI=1S/C9H18O4/c1-5-7(10)9(12-4)8(11-3)6(2)13-5/h5-10H,1-4H3/t5?,6?,7-,8+,9-/m1/s1. The number of hydrogen-bond acceptors (Lipinski definition) is 4. The van der Waals surface area contributed by atoms with Gasteiger partial charge in [-0.3, -0.25) is 0 Å². The smallest absolute Gasteiger partial charge is 0.114 e. The zero-order valence-electron chi connectivity index (χ0n) is 8.56. The molecule has 1 fully saturated rings. The first kappa shape index (κ1) is 10.9. The van der Waals surface area contributed by atoms with Crippen molar-refractivity contribution in [1.82, 2.24) is 0 Å². The Morgan fingerprint density at radius 1 is 1.00 bits per heavy atom. The molecule has 5 atom stereocenters. The fourth-order valence-electron chi connectivity index (χ4n) is 1.82. The van der Waals surface area contributed by atoms with Crippen molar-refractivity contribution in [1.29, 1.82) is 0 Å². The molecule has 78 valence electrons. The van der Waals surface area contributed by atoms with Crippen LogP contribution in [0.2, 0.25) is 0 Å². The van der Waals surface area contributed by atoms with Crippen LogP contribution >= 0.6 is 0 Å². The molecule has 1 heterocycles. The van der Waals surface area contributed by atoms with Gasteiger partial charge >= 0.3 is 0 Å². The zero-order valence-corrected chi connectivity index (χ0v) is 8.56. The van der Waals surface area contributed by atoms with E-state index in [1.807, 2.05) is 13.8 Å².